The van der Waals surface area contributed by atoms with Crippen LogP contribution in [0, 0.1) is 0 Å². The highest BCUT2D eigenvalue weighted by Gasteiger charge is 2.24. The van der Waals surface area contributed by atoms with Crippen LogP contribution in [0.3, 0.4) is 0 Å². The summed E-state index contributed by atoms with van der Waals surface area (Å²) in [5, 5.41) is 0. The Hall–Kier alpha value is -1.42. The van der Waals surface area contributed by atoms with E-state index < -0.39 is 0 Å². The second-order valence-electron chi connectivity index (χ2n) is 5.39. The van der Waals surface area contributed by atoms with Crippen LogP contribution in [-0.2, 0) is 0 Å². The van der Waals surface area contributed by atoms with Gasteiger partial charge in [-0.05, 0) is 35.9 Å². The first-order chi connectivity index (χ1) is 11.7. The van der Waals surface area contributed by atoms with Crippen LogP contribution in [0.1, 0.15) is 15.9 Å². The molecular weight excluding hydrogens is 361 g/mol. The van der Waals surface area contributed by atoms with Gasteiger partial charge >= 0.3 is 0 Å². The first-order valence-electron chi connectivity index (χ1n) is 7.73. The molecule has 3 rings (SSSR count). The number of allylic oxidation sites excluding steroid dienone is 1. The molecule has 2 nitrogen and oxygen atoms in total. The molecule has 0 atom stereocenters. The summed E-state index contributed by atoms with van der Waals surface area (Å²) in [4.78, 5) is 16.4. The SMILES string of the molecule is O=C1/C(=C/c2ccc(N(CCCl)CCCl)cc2)Sc2ccccc21. The number of anilines is 1. The maximum absolute atomic E-state index is 12.4. The first kappa shape index (κ1) is 17.4. The molecule has 24 heavy (non-hydrogen) atoms. The predicted molar refractivity (Wildman–Crippen MR) is 105 cm³/mol. The van der Waals surface area contributed by atoms with Gasteiger partial charge in [0, 0.05) is 41.0 Å². The van der Waals surface area contributed by atoms with Crippen molar-refractivity contribution in [3.63, 3.8) is 0 Å². The number of alkyl halides is 2. The van der Waals surface area contributed by atoms with Gasteiger partial charge in [0.15, 0.2) is 0 Å². The number of ketones is 1. The summed E-state index contributed by atoms with van der Waals surface area (Å²) >= 11 is 13.2. The largest absolute Gasteiger partial charge is 0.369 e. The average molecular weight is 378 g/mol. The lowest BCUT2D eigenvalue weighted by molar-refractivity contribution is 0.104. The van der Waals surface area contributed by atoms with Crippen molar-refractivity contribution >= 4 is 52.5 Å². The number of thioether (sulfide) groups is 1. The maximum Gasteiger partial charge on any atom is 0.200 e. The third kappa shape index (κ3) is 3.80. The lowest BCUT2D eigenvalue weighted by Crippen LogP contribution is -2.27. The highest BCUT2D eigenvalue weighted by atomic mass is 35.5. The monoisotopic (exact) mass is 377 g/mol. The van der Waals surface area contributed by atoms with E-state index in [1.165, 1.54) is 11.8 Å². The number of hydrogen-bond acceptors (Lipinski definition) is 3. The Labute approximate surface area is 156 Å². The summed E-state index contributed by atoms with van der Waals surface area (Å²) in [6.45, 7) is 1.52. The molecule has 0 unspecified atom stereocenters. The molecule has 124 valence electrons. The van der Waals surface area contributed by atoms with Gasteiger partial charge in [0.1, 0.15) is 0 Å². The van der Waals surface area contributed by atoms with Crippen LogP contribution >= 0.6 is 35.0 Å². The zero-order valence-corrected chi connectivity index (χ0v) is 15.4. The lowest BCUT2D eigenvalue weighted by Gasteiger charge is -2.22. The molecule has 0 aromatic heterocycles. The maximum atomic E-state index is 12.4. The quantitative estimate of drug-likeness (QED) is 0.503. The van der Waals surface area contributed by atoms with E-state index in [1.54, 1.807) is 0 Å². The van der Waals surface area contributed by atoms with Crippen molar-refractivity contribution in [2.75, 3.05) is 29.7 Å². The Bertz CT molecular complexity index is 752. The summed E-state index contributed by atoms with van der Waals surface area (Å²) in [7, 11) is 0. The standard InChI is InChI=1S/C19H17Cl2NOS/c20-9-11-22(12-10-21)15-7-5-14(6-8-15)13-18-19(23)16-3-1-2-4-17(16)24-18/h1-8,13H,9-12H2/b18-13-. The molecule has 1 aliphatic rings. The Morgan fingerprint density at radius 1 is 0.958 bits per heavy atom. The second kappa shape index (κ2) is 8.11. The van der Waals surface area contributed by atoms with Gasteiger partial charge in [0.05, 0.1) is 4.91 Å². The summed E-state index contributed by atoms with van der Waals surface area (Å²) < 4.78 is 0. The van der Waals surface area contributed by atoms with E-state index in [0.29, 0.717) is 11.8 Å². The van der Waals surface area contributed by atoms with Gasteiger partial charge in [-0.15, -0.1) is 23.2 Å². The van der Waals surface area contributed by atoms with Gasteiger partial charge in [0.2, 0.25) is 5.78 Å². The molecule has 2 aromatic carbocycles. The van der Waals surface area contributed by atoms with Gasteiger partial charge in [-0.1, -0.05) is 36.0 Å². The van der Waals surface area contributed by atoms with Crippen LogP contribution in [0.5, 0.6) is 0 Å². The van der Waals surface area contributed by atoms with Gasteiger partial charge in [-0.2, -0.15) is 0 Å². The Kier molecular flexibility index (Phi) is 5.88. The number of nitrogens with zero attached hydrogens (tertiary/aromatic N) is 1. The zero-order valence-electron chi connectivity index (χ0n) is 13.0. The fourth-order valence-corrected chi connectivity index (χ4v) is 4.10. The molecule has 0 amide bonds. The number of benzene rings is 2. The third-order valence-electron chi connectivity index (χ3n) is 3.84. The Morgan fingerprint density at radius 3 is 2.25 bits per heavy atom. The third-order valence-corrected chi connectivity index (χ3v) is 5.28. The number of halogens is 2. The highest BCUT2D eigenvalue weighted by molar-refractivity contribution is 8.04. The first-order valence-corrected chi connectivity index (χ1v) is 9.61. The van der Waals surface area contributed by atoms with Crippen LogP contribution in [0.25, 0.3) is 6.08 Å². The fourth-order valence-electron chi connectivity index (χ4n) is 2.64. The Balaban J connectivity index is 1.78. The molecule has 0 saturated heterocycles. The number of carbonyl (C=O) groups is 1. The van der Waals surface area contributed by atoms with Crippen LogP contribution in [0.2, 0.25) is 0 Å². The van der Waals surface area contributed by atoms with Crippen molar-refractivity contribution < 1.29 is 4.79 Å². The molecule has 0 bridgehead atoms. The van der Waals surface area contributed by atoms with Crippen LogP contribution in [0.4, 0.5) is 5.69 Å². The van der Waals surface area contributed by atoms with E-state index >= 15 is 0 Å². The molecule has 0 saturated carbocycles. The summed E-state index contributed by atoms with van der Waals surface area (Å²) in [5.41, 5.74) is 2.90. The van der Waals surface area contributed by atoms with E-state index in [9.17, 15) is 4.79 Å². The van der Waals surface area contributed by atoms with Gasteiger partial charge in [-0.3, -0.25) is 4.79 Å². The minimum absolute atomic E-state index is 0.102. The van der Waals surface area contributed by atoms with Crippen molar-refractivity contribution in [2.45, 2.75) is 4.90 Å². The number of Topliss-reactive ketones (excluding diaryl/α,β-unsaturated/α-hetero) is 1. The topological polar surface area (TPSA) is 20.3 Å². The van der Waals surface area contributed by atoms with Gasteiger partial charge in [0.25, 0.3) is 0 Å². The van der Waals surface area contributed by atoms with Gasteiger partial charge in [-0.25, -0.2) is 0 Å². The summed E-state index contributed by atoms with van der Waals surface area (Å²) in [6.07, 6.45) is 1.95. The smallest absolute Gasteiger partial charge is 0.200 e. The molecule has 0 fully saturated rings. The zero-order chi connectivity index (χ0) is 16.9. The van der Waals surface area contributed by atoms with Crippen LogP contribution in [0.15, 0.2) is 58.3 Å². The molecule has 0 radical (unpaired) electrons. The lowest BCUT2D eigenvalue weighted by atomic mass is 10.1. The molecule has 2 aromatic rings. The summed E-state index contributed by atoms with van der Waals surface area (Å²) in [6, 6.07) is 15.9. The average Bonchev–Trinajstić information content (AvgIpc) is 2.92. The van der Waals surface area contributed by atoms with Crippen molar-refractivity contribution in [1.82, 2.24) is 0 Å². The van der Waals surface area contributed by atoms with Crippen molar-refractivity contribution in [2.24, 2.45) is 0 Å². The van der Waals surface area contributed by atoms with Crippen LogP contribution in [-0.4, -0.2) is 30.6 Å². The minimum atomic E-state index is 0.102. The Morgan fingerprint density at radius 2 is 1.62 bits per heavy atom. The van der Waals surface area contributed by atoms with E-state index in [1.807, 2.05) is 54.6 Å². The molecule has 5 heteroatoms. The fraction of sp³-hybridized carbons (Fsp3) is 0.211. The van der Waals surface area contributed by atoms with Crippen molar-refractivity contribution in [3.8, 4) is 0 Å². The minimum Gasteiger partial charge on any atom is -0.369 e. The van der Waals surface area contributed by atoms with E-state index in [-0.39, 0.29) is 5.78 Å². The van der Waals surface area contributed by atoms with E-state index in [4.69, 9.17) is 23.2 Å². The number of hydrogen-bond donors (Lipinski definition) is 0. The second-order valence-corrected chi connectivity index (χ2v) is 7.23. The van der Waals surface area contributed by atoms with Crippen molar-refractivity contribution in [3.05, 3.63) is 64.6 Å². The molecule has 1 aliphatic heterocycles. The molecule has 1 heterocycles. The predicted octanol–water partition coefficient (Wildman–Crippen LogP) is 5.30. The number of carbonyl (C=O) groups excluding carboxylic acids is 1. The molecule has 0 N–H and O–H groups in total. The van der Waals surface area contributed by atoms with Crippen molar-refractivity contribution in [1.29, 1.82) is 0 Å². The van der Waals surface area contributed by atoms with E-state index in [2.05, 4.69) is 4.90 Å². The summed E-state index contributed by atoms with van der Waals surface area (Å²) in [5.74, 6) is 1.23. The molecule has 0 spiro atoms. The molecule has 0 aliphatic carbocycles. The normalized spacial score (nSPS) is 14.9. The molecular formula is C19H17Cl2NOS. The number of fused-ring (bicyclic) bond motifs is 1. The number of rotatable bonds is 6. The highest BCUT2D eigenvalue weighted by Crippen LogP contribution is 2.40. The van der Waals surface area contributed by atoms with Crippen LogP contribution < -0.4 is 4.90 Å². The van der Waals surface area contributed by atoms with Gasteiger partial charge < -0.3 is 4.90 Å². The van der Waals surface area contributed by atoms with E-state index in [0.717, 1.165) is 39.7 Å².